The molecule has 2 heterocycles. The van der Waals surface area contributed by atoms with Crippen LogP contribution in [0.25, 0.3) is 0 Å². The topological polar surface area (TPSA) is 91.4 Å². The molecule has 35 heavy (non-hydrogen) atoms. The van der Waals surface area contributed by atoms with Crippen LogP contribution in [0.3, 0.4) is 0 Å². The standard InChI is InChI=1S/C23H22ClF3N6O2/c24-20-12-21(29-14-28-20)35-18-7-5-16(6-8-18)31-22(34)32-17-4-3-15(19(11-17)23(25,26)27)13-30-33-9-1-2-10-33/h3-8,11-12,14,30H,1-2,9-10,13H2,(H2,31,32,34). The predicted molar refractivity (Wildman–Crippen MR) is 125 cm³/mol. The fourth-order valence-corrected chi connectivity index (χ4v) is 3.68. The van der Waals surface area contributed by atoms with Crippen molar-refractivity contribution >= 4 is 29.0 Å². The Labute approximate surface area is 204 Å². The molecule has 0 atom stereocenters. The van der Waals surface area contributed by atoms with Crippen LogP contribution in [0.4, 0.5) is 29.3 Å². The third kappa shape index (κ3) is 7.04. The lowest BCUT2D eigenvalue weighted by Crippen LogP contribution is -2.35. The molecule has 4 rings (SSSR count). The van der Waals surface area contributed by atoms with Crippen molar-refractivity contribution in [1.29, 1.82) is 0 Å². The van der Waals surface area contributed by atoms with E-state index in [2.05, 4.69) is 26.0 Å². The molecule has 0 unspecified atom stereocenters. The number of nitrogens with one attached hydrogen (secondary N) is 3. The van der Waals surface area contributed by atoms with Crippen LogP contribution in [-0.2, 0) is 12.7 Å². The van der Waals surface area contributed by atoms with Crippen LogP contribution in [0.15, 0.2) is 54.9 Å². The molecule has 1 aromatic heterocycles. The summed E-state index contributed by atoms with van der Waals surface area (Å²) < 4.78 is 46.4. The number of amides is 2. The molecule has 3 N–H and O–H groups in total. The number of urea groups is 1. The number of benzene rings is 2. The van der Waals surface area contributed by atoms with Crippen LogP contribution in [0, 0.1) is 0 Å². The lowest BCUT2D eigenvalue weighted by atomic mass is 10.1. The number of carbonyl (C=O) groups is 1. The van der Waals surface area contributed by atoms with Gasteiger partial charge in [-0.1, -0.05) is 17.7 Å². The van der Waals surface area contributed by atoms with Crippen molar-refractivity contribution < 1.29 is 22.7 Å². The zero-order valence-electron chi connectivity index (χ0n) is 18.4. The molecule has 12 heteroatoms. The molecule has 2 amide bonds. The number of rotatable bonds is 7. The number of nitrogens with zero attached hydrogens (tertiary/aromatic N) is 3. The monoisotopic (exact) mass is 506 g/mol. The summed E-state index contributed by atoms with van der Waals surface area (Å²) >= 11 is 5.79. The fourth-order valence-electron chi connectivity index (χ4n) is 3.54. The van der Waals surface area contributed by atoms with Gasteiger partial charge in [-0.3, -0.25) is 5.43 Å². The van der Waals surface area contributed by atoms with Gasteiger partial charge in [0, 0.05) is 37.1 Å². The first-order valence-electron chi connectivity index (χ1n) is 10.8. The maximum absolute atomic E-state index is 13.6. The average Bonchev–Trinajstić information content (AvgIpc) is 3.33. The van der Waals surface area contributed by atoms with Crippen molar-refractivity contribution in [2.45, 2.75) is 25.6 Å². The third-order valence-corrected chi connectivity index (χ3v) is 5.42. The fraction of sp³-hybridized carbons (Fsp3) is 0.261. The number of carbonyl (C=O) groups excluding carboxylic acids is 1. The summed E-state index contributed by atoms with van der Waals surface area (Å²) in [6.45, 7) is 1.67. The molecule has 184 valence electrons. The Morgan fingerprint density at radius 3 is 2.37 bits per heavy atom. The molecule has 0 aliphatic carbocycles. The van der Waals surface area contributed by atoms with E-state index in [4.69, 9.17) is 16.3 Å². The Kier molecular flexibility index (Phi) is 7.69. The average molecular weight is 507 g/mol. The van der Waals surface area contributed by atoms with Crippen molar-refractivity contribution in [3.05, 3.63) is 71.1 Å². The van der Waals surface area contributed by atoms with Gasteiger partial charge in [-0.05, 0) is 54.8 Å². The van der Waals surface area contributed by atoms with Crippen molar-refractivity contribution in [2.75, 3.05) is 23.7 Å². The van der Waals surface area contributed by atoms with E-state index in [1.54, 1.807) is 24.3 Å². The molecule has 1 fully saturated rings. The first kappa shape index (κ1) is 24.7. The van der Waals surface area contributed by atoms with E-state index >= 15 is 0 Å². The Morgan fingerprint density at radius 2 is 1.69 bits per heavy atom. The van der Waals surface area contributed by atoms with Crippen molar-refractivity contribution in [2.24, 2.45) is 0 Å². The summed E-state index contributed by atoms with van der Waals surface area (Å²) in [4.78, 5) is 20.1. The van der Waals surface area contributed by atoms with Crippen LogP contribution in [0.2, 0.25) is 5.15 Å². The molecule has 2 aromatic carbocycles. The number of hydrazine groups is 1. The molecule has 0 radical (unpaired) electrons. The van der Waals surface area contributed by atoms with E-state index in [1.165, 1.54) is 24.5 Å². The van der Waals surface area contributed by atoms with Gasteiger partial charge in [0.25, 0.3) is 0 Å². The second kappa shape index (κ2) is 10.9. The largest absolute Gasteiger partial charge is 0.439 e. The van der Waals surface area contributed by atoms with Crippen LogP contribution in [-0.4, -0.2) is 34.1 Å². The molecule has 1 aliphatic rings. The van der Waals surface area contributed by atoms with E-state index in [0.29, 0.717) is 11.4 Å². The Bertz CT molecular complexity index is 1170. The lowest BCUT2D eigenvalue weighted by Gasteiger charge is -2.20. The Balaban J connectivity index is 1.37. The summed E-state index contributed by atoms with van der Waals surface area (Å²) in [7, 11) is 0. The van der Waals surface area contributed by atoms with E-state index in [-0.39, 0.29) is 28.8 Å². The summed E-state index contributed by atoms with van der Waals surface area (Å²) in [6.07, 6.45) is -1.26. The van der Waals surface area contributed by atoms with E-state index in [9.17, 15) is 18.0 Å². The van der Waals surface area contributed by atoms with E-state index in [0.717, 1.165) is 32.0 Å². The van der Waals surface area contributed by atoms with Crippen molar-refractivity contribution in [3.8, 4) is 11.6 Å². The number of hydrogen-bond donors (Lipinski definition) is 3. The Hall–Kier alpha value is -3.41. The highest BCUT2D eigenvalue weighted by atomic mass is 35.5. The summed E-state index contributed by atoms with van der Waals surface area (Å²) in [5.74, 6) is 0.696. The van der Waals surface area contributed by atoms with E-state index < -0.39 is 17.8 Å². The minimum atomic E-state index is -4.56. The molecule has 3 aromatic rings. The lowest BCUT2D eigenvalue weighted by molar-refractivity contribution is -0.138. The zero-order valence-corrected chi connectivity index (χ0v) is 19.2. The van der Waals surface area contributed by atoms with Crippen LogP contribution in [0.1, 0.15) is 24.0 Å². The van der Waals surface area contributed by atoms with Gasteiger partial charge in [-0.2, -0.15) is 13.2 Å². The molecule has 1 saturated heterocycles. The minimum Gasteiger partial charge on any atom is -0.439 e. The molecule has 0 saturated carbocycles. The second-order valence-electron chi connectivity index (χ2n) is 7.78. The zero-order chi connectivity index (χ0) is 24.8. The number of hydrogen-bond acceptors (Lipinski definition) is 6. The molecule has 1 aliphatic heterocycles. The first-order chi connectivity index (χ1) is 16.8. The highest BCUT2D eigenvalue weighted by molar-refractivity contribution is 6.29. The minimum absolute atomic E-state index is 0.0281. The Morgan fingerprint density at radius 1 is 1.00 bits per heavy atom. The van der Waals surface area contributed by atoms with Gasteiger partial charge in [0.2, 0.25) is 5.88 Å². The maximum Gasteiger partial charge on any atom is 0.416 e. The van der Waals surface area contributed by atoms with Gasteiger partial charge in [0.15, 0.2) is 0 Å². The van der Waals surface area contributed by atoms with Crippen LogP contribution >= 0.6 is 11.6 Å². The van der Waals surface area contributed by atoms with Gasteiger partial charge >= 0.3 is 12.2 Å². The SMILES string of the molecule is O=C(Nc1ccc(Oc2cc(Cl)ncn2)cc1)Nc1ccc(CNN2CCCC2)c(C(F)(F)F)c1. The molecule has 0 spiro atoms. The van der Waals surface area contributed by atoms with Gasteiger partial charge in [0.05, 0.1) is 5.56 Å². The smallest absolute Gasteiger partial charge is 0.416 e. The highest BCUT2D eigenvalue weighted by Gasteiger charge is 2.33. The van der Waals surface area contributed by atoms with Gasteiger partial charge in [-0.15, -0.1) is 0 Å². The van der Waals surface area contributed by atoms with Gasteiger partial charge in [0.1, 0.15) is 17.2 Å². The number of anilines is 2. The molecular weight excluding hydrogens is 485 g/mol. The predicted octanol–water partition coefficient (Wildman–Crippen LogP) is 5.69. The second-order valence-corrected chi connectivity index (χ2v) is 8.17. The van der Waals surface area contributed by atoms with Crippen LogP contribution in [0.5, 0.6) is 11.6 Å². The van der Waals surface area contributed by atoms with Crippen LogP contribution < -0.4 is 20.8 Å². The summed E-state index contributed by atoms with van der Waals surface area (Å²) in [5, 5.41) is 7.16. The normalized spacial score (nSPS) is 14.1. The number of aromatic nitrogens is 2. The number of alkyl halides is 3. The first-order valence-corrected chi connectivity index (χ1v) is 11.2. The maximum atomic E-state index is 13.6. The molecule has 8 nitrogen and oxygen atoms in total. The van der Waals surface area contributed by atoms with Gasteiger partial charge < -0.3 is 15.4 Å². The molecule has 0 bridgehead atoms. The van der Waals surface area contributed by atoms with E-state index in [1.807, 2.05) is 5.01 Å². The number of ether oxygens (including phenoxy) is 1. The highest BCUT2D eigenvalue weighted by Crippen LogP contribution is 2.34. The molecular formula is C23H22ClF3N6O2. The third-order valence-electron chi connectivity index (χ3n) is 5.22. The van der Waals surface area contributed by atoms with Crippen molar-refractivity contribution in [1.82, 2.24) is 20.4 Å². The summed E-state index contributed by atoms with van der Waals surface area (Å²) in [6, 6.07) is 10.8. The number of halogens is 4. The summed E-state index contributed by atoms with van der Waals surface area (Å²) in [5.41, 5.74) is 2.79. The quantitative estimate of drug-likeness (QED) is 0.357. The van der Waals surface area contributed by atoms with Gasteiger partial charge in [-0.25, -0.2) is 19.8 Å². The van der Waals surface area contributed by atoms with Crippen molar-refractivity contribution in [3.63, 3.8) is 0 Å².